The molecule has 1 saturated heterocycles. The number of benzene rings is 1. The molecule has 2 atom stereocenters. The molecule has 5 rings (SSSR count). The number of fused-ring (bicyclic) bond motifs is 1. The number of carbonyl (C=O) groups excluding carboxylic acids is 1. The number of pyridine rings is 1. The number of hydrogen-bond acceptors (Lipinski definition) is 11. The number of nitrogens with one attached hydrogen (secondary N) is 2. The summed E-state index contributed by atoms with van der Waals surface area (Å²) in [5.74, 6) is 0.0134. The molecule has 2 N–H and O–H groups in total. The highest BCUT2D eigenvalue weighted by atomic mass is 35.5. The first-order chi connectivity index (χ1) is 20.3. The van der Waals surface area contributed by atoms with Gasteiger partial charge < -0.3 is 15.0 Å². The number of anilines is 2. The van der Waals surface area contributed by atoms with Crippen molar-refractivity contribution in [2.24, 2.45) is 7.05 Å². The second-order valence-corrected chi connectivity index (χ2v) is 12.7. The van der Waals surface area contributed by atoms with Crippen LogP contribution in [0.2, 0.25) is 5.15 Å². The molecule has 4 aromatic rings. The predicted molar refractivity (Wildman–Crippen MR) is 163 cm³/mol. The van der Waals surface area contributed by atoms with E-state index in [0.29, 0.717) is 47.8 Å². The lowest BCUT2D eigenvalue weighted by atomic mass is 10.0. The third kappa shape index (κ3) is 6.70. The van der Waals surface area contributed by atoms with Gasteiger partial charge >= 0.3 is 0 Å². The zero-order valence-corrected chi connectivity index (χ0v) is 25.8. The third-order valence-electron chi connectivity index (χ3n) is 7.00. The molecule has 1 fully saturated rings. The van der Waals surface area contributed by atoms with Crippen LogP contribution in [-0.4, -0.2) is 64.3 Å². The standard InChI is InChI=1S/C28H31ClN8O5S/c1-15-10-19(17(3)32-21-6-7-22(29)33-25(21)26(38)35-43(5,40)41)24-20(11-15)27(39)36(4)28(34-24)37-9-8-18(14-37)42-23-13-30-16(2)12-31-23/h6-7,10-13,17-18,32H,8-9,14H2,1-5H3,(H,35,38)/t17-,18+/m1/s1. The van der Waals surface area contributed by atoms with Gasteiger partial charge in [-0.1, -0.05) is 17.7 Å². The third-order valence-corrected chi connectivity index (χ3v) is 7.76. The number of amides is 1. The van der Waals surface area contributed by atoms with E-state index in [1.54, 1.807) is 31.6 Å². The summed E-state index contributed by atoms with van der Waals surface area (Å²) in [5.41, 5.74) is 2.73. The zero-order valence-electron chi connectivity index (χ0n) is 24.3. The number of aryl methyl sites for hydroxylation is 2. The fourth-order valence-corrected chi connectivity index (χ4v) is 5.61. The lowest BCUT2D eigenvalue weighted by Crippen LogP contribution is -2.32. The molecular weight excluding hydrogens is 596 g/mol. The molecule has 0 radical (unpaired) electrons. The van der Waals surface area contributed by atoms with E-state index < -0.39 is 22.0 Å². The summed E-state index contributed by atoms with van der Waals surface area (Å²) in [6, 6.07) is 6.27. The number of aromatic nitrogens is 5. The van der Waals surface area contributed by atoms with Crippen molar-refractivity contribution in [1.29, 1.82) is 0 Å². The van der Waals surface area contributed by atoms with E-state index in [0.717, 1.165) is 17.5 Å². The topological polar surface area (TPSA) is 161 Å². The van der Waals surface area contributed by atoms with Crippen LogP contribution in [0.1, 0.15) is 46.7 Å². The Morgan fingerprint density at radius 1 is 1.16 bits per heavy atom. The molecule has 0 unspecified atom stereocenters. The summed E-state index contributed by atoms with van der Waals surface area (Å²) in [6.45, 7) is 6.72. The van der Waals surface area contributed by atoms with Crippen molar-refractivity contribution in [2.75, 3.05) is 29.6 Å². The molecule has 0 spiro atoms. The molecule has 3 aromatic heterocycles. The van der Waals surface area contributed by atoms with Gasteiger partial charge in [-0.2, -0.15) is 0 Å². The summed E-state index contributed by atoms with van der Waals surface area (Å²) >= 11 is 6.02. The monoisotopic (exact) mass is 626 g/mol. The lowest BCUT2D eigenvalue weighted by molar-refractivity contribution is 0.0977. The first-order valence-corrected chi connectivity index (χ1v) is 15.7. The Kier molecular flexibility index (Phi) is 8.25. The van der Waals surface area contributed by atoms with E-state index in [2.05, 4.69) is 20.3 Å². The van der Waals surface area contributed by atoms with Crippen LogP contribution in [0.15, 0.2) is 41.5 Å². The lowest BCUT2D eigenvalue weighted by Gasteiger charge is -2.23. The Morgan fingerprint density at radius 2 is 1.93 bits per heavy atom. The van der Waals surface area contributed by atoms with Crippen LogP contribution in [0.4, 0.5) is 11.6 Å². The SMILES string of the molecule is Cc1cc([C@@H](C)Nc2ccc(Cl)nc2C(=O)NS(C)(=O)=O)c2nc(N3CC[C@H](Oc4cnc(C)cn4)C3)n(C)c(=O)c2c1. The van der Waals surface area contributed by atoms with Crippen molar-refractivity contribution >= 4 is 50.1 Å². The number of rotatable bonds is 8. The van der Waals surface area contributed by atoms with Crippen molar-refractivity contribution in [3.8, 4) is 5.88 Å². The quantitative estimate of drug-likeness (QED) is 0.277. The molecule has 13 nitrogen and oxygen atoms in total. The van der Waals surface area contributed by atoms with Crippen molar-refractivity contribution in [3.05, 3.63) is 74.7 Å². The second kappa shape index (κ2) is 11.8. The van der Waals surface area contributed by atoms with Crippen LogP contribution in [0.3, 0.4) is 0 Å². The van der Waals surface area contributed by atoms with E-state index in [1.165, 1.54) is 10.6 Å². The first kappa shape index (κ1) is 30.2. The van der Waals surface area contributed by atoms with E-state index in [4.69, 9.17) is 21.3 Å². The Bertz CT molecular complexity index is 1880. The van der Waals surface area contributed by atoms with E-state index in [1.807, 2.05) is 36.5 Å². The normalized spacial score (nSPS) is 15.9. The first-order valence-electron chi connectivity index (χ1n) is 13.5. The number of sulfonamides is 1. The van der Waals surface area contributed by atoms with Gasteiger partial charge in [-0.25, -0.2) is 28.1 Å². The highest BCUT2D eigenvalue weighted by Crippen LogP contribution is 2.30. The van der Waals surface area contributed by atoms with E-state index in [9.17, 15) is 18.0 Å². The minimum atomic E-state index is -3.84. The van der Waals surface area contributed by atoms with Crippen molar-refractivity contribution in [3.63, 3.8) is 0 Å². The van der Waals surface area contributed by atoms with Crippen LogP contribution < -0.4 is 25.2 Å². The van der Waals surface area contributed by atoms with Gasteiger partial charge in [0.05, 0.1) is 53.5 Å². The minimum Gasteiger partial charge on any atom is -0.471 e. The summed E-state index contributed by atoms with van der Waals surface area (Å²) in [5, 5.41) is 3.70. The fraction of sp³-hybridized carbons (Fsp3) is 0.357. The maximum Gasteiger partial charge on any atom is 0.285 e. The van der Waals surface area contributed by atoms with Crippen molar-refractivity contribution in [1.82, 2.24) is 29.2 Å². The smallest absolute Gasteiger partial charge is 0.285 e. The largest absolute Gasteiger partial charge is 0.471 e. The van der Waals surface area contributed by atoms with Gasteiger partial charge in [-0.05, 0) is 44.5 Å². The molecule has 0 aliphatic carbocycles. The average Bonchev–Trinajstić information content (AvgIpc) is 3.40. The van der Waals surface area contributed by atoms with Gasteiger partial charge in [-0.15, -0.1) is 0 Å². The van der Waals surface area contributed by atoms with Gasteiger partial charge in [0.25, 0.3) is 11.5 Å². The number of halogens is 1. The van der Waals surface area contributed by atoms with Crippen molar-refractivity contribution < 1.29 is 17.9 Å². The summed E-state index contributed by atoms with van der Waals surface area (Å²) in [4.78, 5) is 45.8. The molecule has 0 saturated carbocycles. The van der Waals surface area contributed by atoms with E-state index >= 15 is 0 Å². The second-order valence-electron chi connectivity index (χ2n) is 10.6. The molecule has 0 bridgehead atoms. The van der Waals surface area contributed by atoms with Gasteiger partial charge in [-0.3, -0.25) is 19.1 Å². The van der Waals surface area contributed by atoms with Crippen LogP contribution in [0, 0.1) is 13.8 Å². The highest BCUT2D eigenvalue weighted by Gasteiger charge is 2.29. The van der Waals surface area contributed by atoms with E-state index in [-0.39, 0.29) is 28.2 Å². The number of ether oxygens (including phenoxy) is 1. The Labute approximate surface area is 253 Å². The van der Waals surface area contributed by atoms with Gasteiger partial charge in [0.2, 0.25) is 21.9 Å². The number of carbonyl (C=O) groups is 1. The summed E-state index contributed by atoms with van der Waals surface area (Å²) in [7, 11) is -2.15. The molecular formula is C28H31ClN8O5S. The average molecular weight is 627 g/mol. The van der Waals surface area contributed by atoms with Crippen molar-refractivity contribution in [2.45, 2.75) is 39.3 Å². The Balaban J connectivity index is 1.48. The molecule has 1 aliphatic rings. The van der Waals surface area contributed by atoms with Crippen LogP contribution in [0.25, 0.3) is 10.9 Å². The molecule has 1 aromatic carbocycles. The maximum absolute atomic E-state index is 13.6. The summed E-state index contributed by atoms with van der Waals surface area (Å²) in [6.07, 6.45) is 4.67. The van der Waals surface area contributed by atoms with Crippen LogP contribution >= 0.6 is 11.6 Å². The number of hydrogen-bond donors (Lipinski definition) is 2. The van der Waals surface area contributed by atoms with Gasteiger partial charge in [0.1, 0.15) is 11.3 Å². The fourth-order valence-electron chi connectivity index (χ4n) is 5.03. The molecule has 1 aliphatic heterocycles. The Morgan fingerprint density at radius 3 is 2.63 bits per heavy atom. The number of nitrogens with zero attached hydrogens (tertiary/aromatic N) is 6. The predicted octanol–water partition coefficient (Wildman–Crippen LogP) is 2.91. The Hall–Kier alpha value is -4.30. The molecule has 1 amide bonds. The maximum atomic E-state index is 13.6. The summed E-state index contributed by atoms with van der Waals surface area (Å²) < 4.78 is 32.9. The van der Waals surface area contributed by atoms with Gasteiger partial charge in [0, 0.05) is 25.6 Å². The zero-order chi connectivity index (χ0) is 31.1. The molecule has 15 heteroatoms. The van der Waals surface area contributed by atoms with Crippen LogP contribution in [-0.2, 0) is 17.1 Å². The molecule has 226 valence electrons. The molecule has 43 heavy (non-hydrogen) atoms. The highest BCUT2D eigenvalue weighted by molar-refractivity contribution is 7.89. The minimum absolute atomic E-state index is 0.0231. The molecule has 4 heterocycles. The van der Waals surface area contributed by atoms with Gasteiger partial charge in [0.15, 0.2) is 5.69 Å². The van der Waals surface area contributed by atoms with Crippen LogP contribution in [0.5, 0.6) is 5.88 Å².